The molecule has 24 heavy (non-hydrogen) atoms. The van der Waals surface area contributed by atoms with Crippen molar-refractivity contribution >= 4 is 33.8 Å². The summed E-state index contributed by atoms with van der Waals surface area (Å²) in [6, 6.07) is 1.71. The number of amides is 1. The van der Waals surface area contributed by atoms with E-state index in [2.05, 4.69) is 22.5 Å². The average Bonchev–Trinajstić information content (AvgIpc) is 2.94. The summed E-state index contributed by atoms with van der Waals surface area (Å²) in [4.78, 5) is 35.8. The van der Waals surface area contributed by atoms with Crippen LogP contribution in [0.2, 0.25) is 0 Å². The molecule has 1 amide bonds. The Morgan fingerprint density at radius 2 is 2.25 bits per heavy atom. The summed E-state index contributed by atoms with van der Waals surface area (Å²) in [6.45, 7) is 3.95. The van der Waals surface area contributed by atoms with E-state index in [-0.39, 0.29) is 29.1 Å². The summed E-state index contributed by atoms with van der Waals surface area (Å²) >= 11 is 3.06. The first-order chi connectivity index (χ1) is 11.4. The number of nitrogens with zero attached hydrogens (tertiary/aromatic N) is 2. The fourth-order valence-corrected chi connectivity index (χ4v) is 2.78. The van der Waals surface area contributed by atoms with Crippen LogP contribution < -0.4 is 9.47 Å². The number of aldehydes is 1. The zero-order valence-corrected chi connectivity index (χ0v) is 14.4. The number of methoxy groups -OCH3 is 1. The number of nitro groups is 1. The smallest absolute Gasteiger partial charge is 0.286 e. The Bertz CT molecular complexity index is 705. The van der Waals surface area contributed by atoms with Gasteiger partial charge in [0.25, 0.3) is 11.6 Å². The highest BCUT2D eigenvalue weighted by Crippen LogP contribution is 2.36. The van der Waals surface area contributed by atoms with Gasteiger partial charge in [0.15, 0.2) is 11.5 Å². The van der Waals surface area contributed by atoms with E-state index in [1.165, 1.54) is 18.1 Å². The van der Waals surface area contributed by atoms with Gasteiger partial charge >= 0.3 is 0 Å². The van der Waals surface area contributed by atoms with Crippen molar-refractivity contribution < 1.29 is 24.0 Å². The lowest BCUT2D eigenvalue weighted by atomic mass is 10.1. The maximum atomic E-state index is 12.7. The number of benzene rings is 1. The second-order valence-corrected chi connectivity index (χ2v) is 5.58. The van der Waals surface area contributed by atoms with Gasteiger partial charge in [-0.3, -0.25) is 14.9 Å². The number of hydrogen-bond acceptors (Lipinski definition) is 6. The molecule has 1 aliphatic heterocycles. The van der Waals surface area contributed by atoms with E-state index in [1.54, 1.807) is 0 Å². The average molecular weight is 399 g/mol. The van der Waals surface area contributed by atoms with Crippen LogP contribution >= 0.6 is 15.9 Å². The van der Waals surface area contributed by atoms with Crippen molar-refractivity contribution in [1.29, 1.82) is 0 Å². The van der Waals surface area contributed by atoms with E-state index in [9.17, 15) is 19.7 Å². The summed E-state index contributed by atoms with van der Waals surface area (Å²) in [5, 5.41) is 11.4. The molecule has 0 radical (unpaired) electrons. The molecule has 9 heteroatoms. The van der Waals surface area contributed by atoms with Crippen molar-refractivity contribution in [3.8, 4) is 11.5 Å². The lowest BCUT2D eigenvalue weighted by Crippen LogP contribution is -2.36. The third-order valence-corrected chi connectivity index (χ3v) is 3.86. The molecule has 0 unspecified atom stereocenters. The first-order valence-electron chi connectivity index (χ1n) is 6.91. The third-order valence-electron chi connectivity index (χ3n) is 3.63. The quantitative estimate of drug-likeness (QED) is 0.239. The van der Waals surface area contributed by atoms with E-state index in [0.717, 1.165) is 6.07 Å². The fraction of sp³-hybridized carbons (Fsp3) is 0.333. The van der Waals surface area contributed by atoms with Crippen molar-refractivity contribution in [2.75, 3.05) is 19.2 Å². The molecule has 1 aromatic carbocycles. The van der Waals surface area contributed by atoms with Crippen LogP contribution in [-0.2, 0) is 4.79 Å². The van der Waals surface area contributed by atoms with E-state index in [1.807, 2.05) is 0 Å². The zero-order valence-electron chi connectivity index (χ0n) is 12.9. The molecule has 1 aromatic rings. The monoisotopic (exact) mass is 398 g/mol. The summed E-state index contributed by atoms with van der Waals surface area (Å²) in [5.74, 6) is -0.305. The Morgan fingerprint density at radius 1 is 1.54 bits per heavy atom. The lowest BCUT2D eigenvalue weighted by molar-refractivity contribution is -0.385. The maximum absolute atomic E-state index is 12.7. The number of nitro benzene ring substituents is 1. The minimum atomic E-state index is -0.672. The molecule has 1 aliphatic rings. The van der Waals surface area contributed by atoms with Gasteiger partial charge in [0.2, 0.25) is 0 Å². The van der Waals surface area contributed by atoms with Crippen molar-refractivity contribution in [2.24, 2.45) is 0 Å². The minimum absolute atomic E-state index is 0.104. The number of ether oxygens (including phenoxy) is 2. The molecule has 0 aromatic heterocycles. The number of likely N-dealkylation sites (tertiary alicyclic amines) is 1. The van der Waals surface area contributed by atoms with Gasteiger partial charge in [0.1, 0.15) is 17.4 Å². The van der Waals surface area contributed by atoms with Gasteiger partial charge in [-0.2, -0.15) is 0 Å². The van der Waals surface area contributed by atoms with Gasteiger partial charge in [-0.15, -0.1) is 0 Å². The molecule has 0 spiro atoms. The molecule has 1 atom stereocenters. The minimum Gasteiger partial charge on any atom is -0.493 e. The topological polar surface area (TPSA) is 99.0 Å². The van der Waals surface area contributed by atoms with E-state index in [4.69, 9.17) is 9.47 Å². The highest BCUT2D eigenvalue weighted by atomic mass is 79.9. The van der Waals surface area contributed by atoms with Gasteiger partial charge in [0, 0.05) is 12.6 Å². The number of carbonyl (C=O) groups is 2. The Labute approximate surface area is 146 Å². The Hall–Kier alpha value is -2.42. The Kier molecular flexibility index (Phi) is 5.55. The molecule has 8 nitrogen and oxygen atoms in total. The van der Waals surface area contributed by atoms with Crippen LogP contribution in [0, 0.1) is 10.1 Å². The van der Waals surface area contributed by atoms with Crippen molar-refractivity contribution in [2.45, 2.75) is 12.5 Å². The third kappa shape index (κ3) is 3.40. The Morgan fingerprint density at radius 3 is 2.79 bits per heavy atom. The van der Waals surface area contributed by atoms with Gasteiger partial charge in [-0.05, 0) is 22.4 Å². The maximum Gasteiger partial charge on any atom is 0.286 e. The number of rotatable bonds is 6. The number of carbonyl (C=O) groups excluding carboxylic acids is 2. The highest BCUT2D eigenvalue weighted by Gasteiger charge is 2.35. The van der Waals surface area contributed by atoms with Crippen molar-refractivity contribution in [3.63, 3.8) is 0 Å². The van der Waals surface area contributed by atoms with Gasteiger partial charge < -0.3 is 19.2 Å². The van der Waals surface area contributed by atoms with E-state index < -0.39 is 22.6 Å². The summed E-state index contributed by atoms with van der Waals surface area (Å²) < 4.78 is 10.4. The summed E-state index contributed by atoms with van der Waals surface area (Å²) in [7, 11) is 1.36. The standard InChI is InChI=1S/C15H15BrN2O6/c1-9-3-10(7-19)17(6-9)15(20)11-4-13(23-2)14(24-8-16)5-12(11)18(21)22/h4-5,7,10H,1,3,6,8H2,2H3/t10-/m0/s1. The Balaban J connectivity index is 2.51. The summed E-state index contributed by atoms with van der Waals surface area (Å²) in [6.07, 6.45) is 0.992. The second-order valence-electron chi connectivity index (χ2n) is 5.12. The van der Waals surface area contributed by atoms with Crippen LogP contribution in [0.3, 0.4) is 0 Å². The fourth-order valence-electron chi connectivity index (χ4n) is 2.53. The molecule has 1 fully saturated rings. The van der Waals surface area contributed by atoms with E-state index >= 15 is 0 Å². The molecule has 0 bridgehead atoms. The largest absolute Gasteiger partial charge is 0.493 e. The predicted octanol–water partition coefficient (Wildman–Crippen LogP) is 2.30. The van der Waals surface area contributed by atoms with Crippen LogP contribution in [0.15, 0.2) is 24.3 Å². The summed E-state index contributed by atoms with van der Waals surface area (Å²) in [5.41, 5.74) is 0.237. The molecular weight excluding hydrogens is 384 g/mol. The normalized spacial score (nSPS) is 16.8. The molecule has 1 heterocycles. The molecule has 0 aliphatic carbocycles. The van der Waals surface area contributed by atoms with Crippen molar-refractivity contribution in [3.05, 3.63) is 40.0 Å². The number of halogens is 1. The SMILES string of the molecule is C=C1C[C@@H](C=O)N(C(=O)c2cc(OC)c(OCBr)cc2[N+](=O)[O-])C1. The molecule has 0 saturated carbocycles. The van der Waals surface area contributed by atoms with Crippen LogP contribution in [0.25, 0.3) is 0 Å². The lowest BCUT2D eigenvalue weighted by Gasteiger charge is -2.20. The van der Waals surface area contributed by atoms with Crippen LogP contribution in [0.4, 0.5) is 5.69 Å². The number of alkyl halides is 1. The first-order valence-corrected chi connectivity index (χ1v) is 8.03. The molecule has 128 valence electrons. The van der Waals surface area contributed by atoms with Crippen molar-refractivity contribution in [1.82, 2.24) is 4.90 Å². The molecule has 1 saturated heterocycles. The molecule has 0 N–H and O–H groups in total. The van der Waals surface area contributed by atoms with Crippen LogP contribution in [0.1, 0.15) is 16.8 Å². The zero-order chi connectivity index (χ0) is 17.9. The van der Waals surface area contributed by atoms with E-state index in [0.29, 0.717) is 18.3 Å². The number of hydrogen-bond donors (Lipinski definition) is 0. The highest BCUT2D eigenvalue weighted by molar-refractivity contribution is 9.09. The second kappa shape index (κ2) is 7.43. The molecule has 2 rings (SSSR count). The predicted molar refractivity (Wildman–Crippen MR) is 88.7 cm³/mol. The van der Waals surface area contributed by atoms with Crippen LogP contribution in [-0.4, -0.2) is 47.2 Å². The van der Waals surface area contributed by atoms with Gasteiger partial charge in [-0.1, -0.05) is 12.2 Å². The van der Waals surface area contributed by atoms with Crippen LogP contribution in [0.5, 0.6) is 11.5 Å². The molecular formula is C15H15BrN2O6. The first kappa shape index (κ1) is 17.9. The van der Waals surface area contributed by atoms with Gasteiger partial charge in [-0.25, -0.2) is 0 Å². The van der Waals surface area contributed by atoms with Gasteiger partial charge in [0.05, 0.1) is 24.1 Å².